The first-order chi connectivity index (χ1) is 8.91. The van der Waals surface area contributed by atoms with Crippen LogP contribution in [0, 0.1) is 13.8 Å². The molecule has 1 nitrogen and oxygen atoms in total. The molecule has 100 valence electrons. The maximum absolute atomic E-state index is 6.32. The second-order valence-corrected chi connectivity index (χ2v) is 6.22. The standard InChI is InChI=1S/C15H14BrCl2N/c1-8-6-11(13(17)7-9(8)2)15(19)10-4-3-5-12(16)14(10)18/h3-7,15H,19H2,1-2H3. The van der Waals surface area contributed by atoms with E-state index in [-0.39, 0.29) is 6.04 Å². The van der Waals surface area contributed by atoms with Crippen LogP contribution in [-0.4, -0.2) is 0 Å². The van der Waals surface area contributed by atoms with Crippen LogP contribution >= 0.6 is 39.1 Å². The lowest BCUT2D eigenvalue weighted by molar-refractivity contribution is 0.868. The van der Waals surface area contributed by atoms with Crippen molar-refractivity contribution in [3.8, 4) is 0 Å². The third-order valence-corrected chi connectivity index (χ3v) is 4.90. The summed E-state index contributed by atoms with van der Waals surface area (Å²) in [6.45, 7) is 4.08. The molecule has 0 bridgehead atoms. The highest BCUT2D eigenvalue weighted by Gasteiger charge is 2.17. The van der Waals surface area contributed by atoms with Crippen LogP contribution in [0.2, 0.25) is 10.0 Å². The van der Waals surface area contributed by atoms with E-state index in [0.717, 1.165) is 21.2 Å². The molecule has 19 heavy (non-hydrogen) atoms. The first-order valence-electron chi connectivity index (χ1n) is 5.88. The lowest BCUT2D eigenvalue weighted by Gasteiger charge is -2.18. The van der Waals surface area contributed by atoms with Crippen molar-refractivity contribution in [2.24, 2.45) is 5.73 Å². The summed E-state index contributed by atoms with van der Waals surface area (Å²) in [5.41, 5.74) is 10.4. The van der Waals surface area contributed by atoms with E-state index < -0.39 is 0 Å². The van der Waals surface area contributed by atoms with Crippen molar-refractivity contribution < 1.29 is 0 Å². The fourth-order valence-corrected chi connectivity index (χ4v) is 2.93. The Morgan fingerprint density at radius 3 is 2.37 bits per heavy atom. The van der Waals surface area contributed by atoms with Gasteiger partial charge in [-0.05, 0) is 64.2 Å². The highest BCUT2D eigenvalue weighted by Crippen LogP contribution is 2.35. The molecular formula is C15H14BrCl2N. The molecule has 1 unspecified atom stereocenters. The Morgan fingerprint density at radius 1 is 1.05 bits per heavy atom. The predicted octanol–water partition coefficient (Wildman–Crippen LogP) is 5.42. The van der Waals surface area contributed by atoms with Gasteiger partial charge in [-0.3, -0.25) is 0 Å². The maximum atomic E-state index is 6.32. The quantitative estimate of drug-likeness (QED) is 0.761. The summed E-state index contributed by atoms with van der Waals surface area (Å²) in [4.78, 5) is 0. The molecule has 0 aromatic heterocycles. The van der Waals surface area contributed by atoms with Gasteiger partial charge in [0.2, 0.25) is 0 Å². The number of hydrogen-bond donors (Lipinski definition) is 1. The lowest BCUT2D eigenvalue weighted by atomic mass is 9.96. The van der Waals surface area contributed by atoms with Crippen LogP contribution in [0.4, 0.5) is 0 Å². The number of halogens is 3. The highest BCUT2D eigenvalue weighted by atomic mass is 79.9. The molecule has 0 amide bonds. The van der Waals surface area contributed by atoms with Crippen LogP contribution in [0.1, 0.15) is 28.3 Å². The van der Waals surface area contributed by atoms with Crippen LogP contribution in [0.25, 0.3) is 0 Å². The molecule has 0 heterocycles. The van der Waals surface area contributed by atoms with Crippen molar-refractivity contribution >= 4 is 39.1 Å². The Morgan fingerprint density at radius 2 is 1.68 bits per heavy atom. The minimum Gasteiger partial charge on any atom is -0.320 e. The molecule has 4 heteroatoms. The zero-order valence-corrected chi connectivity index (χ0v) is 13.8. The summed E-state index contributed by atoms with van der Waals surface area (Å²) in [6.07, 6.45) is 0. The van der Waals surface area contributed by atoms with Crippen molar-refractivity contribution in [3.05, 3.63) is 67.1 Å². The summed E-state index contributed by atoms with van der Waals surface area (Å²) in [5, 5.41) is 1.30. The molecule has 2 aromatic rings. The molecule has 2 rings (SSSR count). The minimum absolute atomic E-state index is 0.336. The van der Waals surface area contributed by atoms with E-state index in [1.807, 2.05) is 44.2 Å². The Labute approximate surface area is 131 Å². The van der Waals surface area contributed by atoms with Gasteiger partial charge in [0, 0.05) is 9.50 Å². The summed E-state index contributed by atoms with van der Waals surface area (Å²) in [5.74, 6) is 0. The predicted molar refractivity (Wildman–Crippen MR) is 86.1 cm³/mol. The second kappa shape index (κ2) is 5.84. The van der Waals surface area contributed by atoms with Crippen LogP contribution in [0.3, 0.4) is 0 Å². The molecule has 0 radical (unpaired) electrons. The lowest BCUT2D eigenvalue weighted by Crippen LogP contribution is -2.13. The van der Waals surface area contributed by atoms with E-state index in [2.05, 4.69) is 15.9 Å². The van der Waals surface area contributed by atoms with Gasteiger partial charge < -0.3 is 5.73 Å². The smallest absolute Gasteiger partial charge is 0.0599 e. The summed E-state index contributed by atoms with van der Waals surface area (Å²) >= 11 is 16.0. The molecule has 0 spiro atoms. The van der Waals surface area contributed by atoms with Gasteiger partial charge in [0.15, 0.2) is 0 Å². The van der Waals surface area contributed by atoms with Crippen LogP contribution < -0.4 is 5.73 Å². The average molecular weight is 359 g/mol. The SMILES string of the molecule is Cc1cc(Cl)c(C(N)c2cccc(Br)c2Cl)cc1C. The van der Waals surface area contributed by atoms with E-state index in [1.54, 1.807) is 0 Å². The first-order valence-corrected chi connectivity index (χ1v) is 7.43. The summed E-state index contributed by atoms with van der Waals surface area (Å²) in [6, 6.07) is 9.36. The third-order valence-electron chi connectivity index (χ3n) is 3.26. The summed E-state index contributed by atoms with van der Waals surface area (Å²) in [7, 11) is 0. The molecule has 0 aliphatic rings. The Hall–Kier alpha value is -0.540. The van der Waals surface area contributed by atoms with E-state index >= 15 is 0 Å². The van der Waals surface area contributed by atoms with E-state index in [1.165, 1.54) is 5.56 Å². The van der Waals surface area contributed by atoms with Crippen molar-refractivity contribution in [1.82, 2.24) is 0 Å². The first kappa shape index (κ1) is 14.9. The van der Waals surface area contributed by atoms with Crippen LogP contribution in [0.15, 0.2) is 34.8 Å². The van der Waals surface area contributed by atoms with E-state index in [9.17, 15) is 0 Å². The fourth-order valence-electron chi connectivity index (χ4n) is 1.97. The maximum Gasteiger partial charge on any atom is 0.0599 e. The molecular weight excluding hydrogens is 345 g/mol. The highest BCUT2D eigenvalue weighted by molar-refractivity contribution is 9.10. The van der Waals surface area contributed by atoms with E-state index in [0.29, 0.717) is 10.0 Å². The Balaban J connectivity index is 2.53. The van der Waals surface area contributed by atoms with Gasteiger partial charge in [-0.1, -0.05) is 41.4 Å². The van der Waals surface area contributed by atoms with Crippen molar-refractivity contribution in [1.29, 1.82) is 0 Å². The largest absolute Gasteiger partial charge is 0.320 e. The number of rotatable bonds is 2. The van der Waals surface area contributed by atoms with Crippen molar-refractivity contribution in [2.45, 2.75) is 19.9 Å². The number of benzene rings is 2. The van der Waals surface area contributed by atoms with Gasteiger partial charge in [-0.25, -0.2) is 0 Å². The fraction of sp³-hybridized carbons (Fsp3) is 0.200. The van der Waals surface area contributed by atoms with Gasteiger partial charge in [-0.15, -0.1) is 0 Å². The molecule has 0 saturated carbocycles. The molecule has 2 N–H and O–H groups in total. The van der Waals surface area contributed by atoms with Gasteiger partial charge >= 0.3 is 0 Å². The number of hydrogen-bond acceptors (Lipinski definition) is 1. The van der Waals surface area contributed by atoms with E-state index in [4.69, 9.17) is 28.9 Å². The molecule has 0 aliphatic carbocycles. The molecule has 0 aliphatic heterocycles. The van der Waals surface area contributed by atoms with Gasteiger partial charge in [-0.2, -0.15) is 0 Å². The molecule has 0 fully saturated rings. The van der Waals surface area contributed by atoms with Crippen LogP contribution in [0.5, 0.6) is 0 Å². The van der Waals surface area contributed by atoms with Crippen molar-refractivity contribution in [2.75, 3.05) is 0 Å². The topological polar surface area (TPSA) is 26.0 Å². The normalized spacial score (nSPS) is 12.5. The zero-order valence-electron chi connectivity index (χ0n) is 10.7. The van der Waals surface area contributed by atoms with Crippen LogP contribution in [-0.2, 0) is 0 Å². The van der Waals surface area contributed by atoms with Gasteiger partial charge in [0.05, 0.1) is 11.1 Å². The molecule has 1 atom stereocenters. The minimum atomic E-state index is -0.336. The Kier molecular flexibility index (Phi) is 4.57. The van der Waals surface area contributed by atoms with Gasteiger partial charge in [0.1, 0.15) is 0 Å². The Bertz CT molecular complexity index is 626. The second-order valence-electron chi connectivity index (χ2n) is 4.58. The monoisotopic (exact) mass is 357 g/mol. The number of nitrogens with two attached hydrogens (primary N) is 1. The zero-order chi connectivity index (χ0) is 14.2. The summed E-state index contributed by atoms with van der Waals surface area (Å²) < 4.78 is 0.835. The average Bonchev–Trinajstić information content (AvgIpc) is 2.36. The molecule has 2 aromatic carbocycles. The van der Waals surface area contributed by atoms with Crippen molar-refractivity contribution in [3.63, 3.8) is 0 Å². The molecule has 0 saturated heterocycles. The third kappa shape index (κ3) is 2.97. The van der Waals surface area contributed by atoms with Gasteiger partial charge in [0.25, 0.3) is 0 Å². The number of aryl methyl sites for hydroxylation is 2.